The maximum absolute atomic E-state index is 14.6. The Balaban J connectivity index is 2.54. The molecule has 0 aliphatic carbocycles. The van der Waals surface area contributed by atoms with Crippen LogP contribution in [0, 0.1) is 5.82 Å². The number of hydrogen-bond acceptors (Lipinski definition) is 4. The lowest BCUT2D eigenvalue weighted by Crippen LogP contribution is -2.23. The van der Waals surface area contributed by atoms with Crippen molar-refractivity contribution in [3.63, 3.8) is 0 Å². The van der Waals surface area contributed by atoms with Gasteiger partial charge in [0.05, 0.1) is 10.9 Å². The molecule has 0 radical (unpaired) electrons. The third-order valence-electron chi connectivity index (χ3n) is 2.90. The minimum absolute atomic E-state index is 0.159. The van der Waals surface area contributed by atoms with Crippen molar-refractivity contribution in [3.05, 3.63) is 34.4 Å². The normalized spacial score (nSPS) is 18.5. The maximum Gasteiger partial charge on any atom is 0.262 e. The largest absolute Gasteiger partial charge is 0.276 e. The Morgan fingerprint density at radius 1 is 1.48 bits per heavy atom. The molecular weight excluding hydrogens is 291 g/mol. The van der Waals surface area contributed by atoms with Crippen molar-refractivity contribution >= 4 is 28.4 Å². The summed E-state index contributed by atoms with van der Waals surface area (Å²) in [6.45, 7) is -4.92. The van der Waals surface area contributed by atoms with E-state index in [4.69, 9.17) is 9.60 Å². The number of benzene rings is 1. The molecule has 0 amide bonds. The number of aromatic nitrogens is 4. The van der Waals surface area contributed by atoms with E-state index in [0.717, 1.165) is 22.2 Å². The monoisotopic (exact) mass is 313 g/mol. The topological polar surface area (TPSA) is 52.2 Å². The molecule has 0 saturated carbocycles. The summed E-state index contributed by atoms with van der Waals surface area (Å²) >= 11 is 1.15. The first kappa shape index (κ1) is 7.93. The molecule has 2 heterocycles. The highest BCUT2D eigenvalue weighted by molar-refractivity contribution is 7.99. The summed E-state index contributed by atoms with van der Waals surface area (Å²) in [5.41, 5.74) is -1.30. The smallest absolute Gasteiger partial charge is 0.262 e. The molecule has 0 aliphatic heterocycles. The summed E-state index contributed by atoms with van der Waals surface area (Å²) in [4.78, 5) is 13.0. The van der Waals surface area contributed by atoms with Crippen LogP contribution in [0.15, 0.2) is 28.2 Å². The van der Waals surface area contributed by atoms with Gasteiger partial charge < -0.3 is 0 Å². The second-order valence-corrected chi connectivity index (χ2v) is 5.30. The van der Waals surface area contributed by atoms with Crippen molar-refractivity contribution in [3.8, 4) is 0 Å². The molecule has 0 N–H and O–H groups in total. The van der Waals surface area contributed by atoms with Gasteiger partial charge in [-0.25, -0.2) is 4.39 Å². The van der Waals surface area contributed by atoms with Crippen LogP contribution in [0.25, 0.3) is 16.7 Å². The quantitative estimate of drug-likeness (QED) is 0.695. The zero-order chi connectivity index (χ0) is 21.1. The molecule has 110 valence electrons. The van der Waals surface area contributed by atoms with Crippen LogP contribution < -0.4 is 5.56 Å². The highest BCUT2D eigenvalue weighted by atomic mass is 32.2. The van der Waals surface area contributed by atoms with Crippen molar-refractivity contribution in [2.45, 2.75) is 31.8 Å². The number of fused-ring (bicyclic) bond motifs is 3. The van der Waals surface area contributed by atoms with Gasteiger partial charge in [-0.05, 0) is 24.3 Å². The molecule has 7 heteroatoms. The lowest BCUT2D eigenvalue weighted by atomic mass is 10.2. The predicted molar refractivity (Wildman–Crippen MR) is 81.4 cm³/mol. The molecule has 21 heavy (non-hydrogen) atoms. The molecule has 1 aromatic carbocycles. The first-order chi connectivity index (χ1) is 12.9. The summed E-state index contributed by atoms with van der Waals surface area (Å²) in [7, 11) is 0. The lowest BCUT2D eigenvalue weighted by Gasteiger charge is -2.10. The Kier molecular flexibility index (Phi) is 2.07. The number of rotatable bonds is 4. The second-order valence-electron chi connectivity index (χ2n) is 4.06. The zero-order valence-corrected chi connectivity index (χ0v) is 11.7. The molecule has 0 atom stereocenters. The van der Waals surface area contributed by atoms with E-state index in [1.54, 1.807) is 6.92 Å². The molecule has 3 rings (SSSR count). The number of para-hydroxylation sites is 1. The number of thioether (sulfide) groups is 1. The fourth-order valence-electron chi connectivity index (χ4n) is 2.11. The van der Waals surface area contributed by atoms with E-state index in [1.807, 2.05) is 0 Å². The van der Waals surface area contributed by atoms with Gasteiger partial charge in [0.2, 0.25) is 5.78 Å². The van der Waals surface area contributed by atoms with E-state index in [0.29, 0.717) is 10.3 Å². The van der Waals surface area contributed by atoms with E-state index >= 15 is 0 Å². The summed E-state index contributed by atoms with van der Waals surface area (Å²) in [6, 6.07) is 3.61. The fraction of sp³-hybridized carbons (Fsp3) is 0.357. The van der Waals surface area contributed by atoms with E-state index in [9.17, 15) is 9.18 Å². The number of halogens is 1. The molecule has 0 unspecified atom stereocenters. The van der Waals surface area contributed by atoms with Crippen LogP contribution in [0.1, 0.15) is 29.7 Å². The Labute approximate surface area is 134 Å². The molecule has 5 nitrogen and oxygen atoms in total. The average molecular weight is 313 g/mol. The lowest BCUT2D eigenvalue weighted by molar-refractivity contribution is 0.626. The van der Waals surface area contributed by atoms with Crippen LogP contribution in [-0.2, 0) is 6.50 Å². The van der Waals surface area contributed by atoms with Crippen LogP contribution in [-0.4, -0.2) is 24.9 Å². The third kappa shape index (κ3) is 2.12. The summed E-state index contributed by atoms with van der Waals surface area (Å²) in [5, 5.41) is 7.51. The van der Waals surface area contributed by atoms with Crippen molar-refractivity contribution in [2.24, 2.45) is 0 Å². The molecule has 2 aromatic heterocycles. The van der Waals surface area contributed by atoms with Gasteiger partial charge in [-0.15, -0.1) is 10.2 Å². The van der Waals surface area contributed by atoms with Crippen molar-refractivity contribution in [1.82, 2.24) is 19.2 Å². The molecule has 0 fully saturated rings. The van der Waals surface area contributed by atoms with Crippen molar-refractivity contribution in [2.75, 3.05) is 5.75 Å². The van der Waals surface area contributed by atoms with Gasteiger partial charge in [-0.1, -0.05) is 31.6 Å². The zero-order valence-electron chi connectivity index (χ0n) is 17.9. The van der Waals surface area contributed by atoms with E-state index in [2.05, 4.69) is 10.2 Å². The maximum atomic E-state index is 14.6. The van der Waals surface area contributed by atoms with Gasteiger partial charge in [-0.2, -0.15) is 0 Å². The standard InChI is InChI=1S/C14H15FN4OS/c1-3-8-18-12(20)9-6-5-7-10(15)11(9)19-13(18)16-17-14(19)21-4-2/h5-7H,3-4,8H2,1-2H3/i1D3,3D2,8D2. The van der Waals surface area contributed by atoms with Gasteiger partial charge in [0.1, 0.15) is 5.82 Å². The van der Waals surface area contributed by atoms with Gasteiger partial charge >= 0.3 is 0 Å². The summed E-state index contributed by atoms with van der Waals surface area (Å²) in [6.07, 6.45) is -3.45. The second kappa shape index (κ2) is 5.48. The Hall–Kier alpha value is -1.89. The Morgan fingerprint density at radius 2 is 2.33 bits per heavy atom. The van der Waals surface area contributed by atoms with Crippen LogP contribution in [0.2, 0.25) is 0 Å². The van der Waals surface area contributed by atoms with Gasteiger partial charge in [0.25, 0.3) is 5.56 Å². The Bertz CT molecular complexity index is 1120. The number of hydrogen-bond donors (Lipinski definition) is 0. The van der Waals surface area contributed by atoms with E-state index in [1.165, 1.54) is 12.1 Å². The molecule has 0 aliphatic rings. The molecule has 0 bridgehead atoms. The third-order valence-corrected chi connectivity index (χ3v) is 3.71. The first-order valence-corrected chi connectivity index (χ1v) is 7.06. The molecule has 0 saturated heterocycles. The van der Waals surface area contributed by atoms with E-state index in [-0.39, 0.29) is 16.1 Å². The van der Waals surface area contributed by atoms with E-state index < -0.39 is 36.9 Å². The molecule has 0 spiro atoms. The van der Waals surface area contributed by atoms with Crippen molar-refractivity contribution < 1.29 is 14.0 Å². The fourth-order valence-corrected chi connectivity index (χ4v) is 2.77. The SMILES string of the molecule is [2H]C([2H])([2H])C([2H])([2H])C([2H])([2H])n1c(=O)c2cccc(F)c2n2c(SCC)nnc12. The predicted octanol–water partition coefficient (Wildman–Crippen LogP) is 2.71. The number of nitrogens with zero attached hydrogens (tertiary/aromatic N) is 4. The number of aryl methyl sites for hydroxylation is 1. The highest BCUT2D eigenvalue weighted by Gasteiger charge is 2.18. The van der Waals surface area contributed by atoms with Crippen LogP contribution in [0.3, 0.4) is 0 Å². The molecule has 3 aromatic rings. The van der Waals surface area contributed by atoms with Gasteiger partial charge in [0.15, 0.2) is 5.16 Å². The highest BCUT2D eigenvalue weighted by Crippen LogP contribution is 2.23. The Morgan fingerprint density at radius 3 is 3.10 bits per heavy atom. The van der Waals surface area contributed by atoms with Crippen LogP contribution in [0.4, 0.5) is 4.39 Å². The van der Waals surface area contributed by atoms with Gasteiger partial charge in [-0.3, -0.25) is 13.8 Å². The molecular formula is C14H15FN4OS. The first-order valence-electron chi connectivity index (χ1n) is 9.58. The summed E-state index contributed by atoms with van der Waals surface area (Å²) < 4.78 is 70.2. The van der Waals surface area contributed by atoms with Crippen LogP contribution >= 0.6 is 11.8 Å². The minimum Gasteiger partial charge on any atom is -0.276 e. The van der Waals surface area contributed by atoms with Gasteiger partial charge in [0, 0.05) is 16.1 Å². The minimum atomic E-state index is -3.45. The summed E-state index contributed by atoms with van der Waals surface area (Å²) in [5.74, 6) is -0.751. The van der Waals surface area contributed by atoms with Crippen molar-refractivity contribution in [1.29, 1.82) is 0 Å². The average Bonchev–Trinajstić information content (AvgIpc) is 2.97. The van der Waals surface area contributed by atoms with Crippen LogP contribution in [0.5, 0.6) is 0 Å².